The molecule has 3 heterocycles. The van der Waals surface area contributed by atoms with Gasteiger partial charge in [-0.2, -0.15) is 0 Å². The lowest BCUT2D eigenvalue weighted by Gasteiger charge is -2.35. The molecule has 128 valence electrons. The molecule has 5 nitrogen and oxygen atoms in total. The smallest absolute Gasteiger partial charge is 0.251 e. The van der Waals surface area contributed by atoms with Gasteiger partial charge in [-0.15, -0.1) is 11.3 Å². The number of hydrogen-bond acceptors (Lipinski definition) is 5. The van der Waals surface area contributed by atoms with E-state index in [1.807, 2.05) is 4.90 Å². The van der Waals surface area contributed by atoms with E-state index in [0.717, 1.165) is 57.9 Å². The second-order valence-electron chi connectivity index (χ2n) is 7.50. The second-order valence-corrected chi connectivity index (χ2v) is 8.36. The Bertz CT molecular complexity index is 538. The van der Waals surface area contributed by atoms with Gasteiger partial charge in [-0.3, -0.25) is 9.69 Å². The van der Waals surface area contributed by atoms with Crippen LogP contribution < -0.4 is 0 Å². The zero-order valence-electron chi connectivity index (χ0n) is 14.4. The summed E-state index contributed by atoms with van der Waals surface area (Å²) < 4.78 is 5.51. The van der Waals surface area contributed by atoms with E-state index in [9.17, 15) is 4.79 Å². The summed E-state index contributed by atoms with van der Waals surface area (Å²) in [5.74, 6) is 0.186. The highest BCUT2D eigenvalue weighted by Crippen LogP contribution is 2.26. The van der Waals surface area contributed by atoms with E-state index in [-0.39, 0.29) is 17.4 Å². The van der Waals surface area contributed by atoms with Gasteiger partial charge in [0, 0.05) is 50.1 Å². The van der Waals surface area contributed by atoms with Crippen LogP contribution >= 0.6 is 11.3 Å². The van der Waals surface area contributed by atoms with Crippen molar-refractivity contribution in [2.75, 3.05) is 32.8 Å². The number of carbonyl (C=O) groups excluding carboxylic acids is 1. The summed E-state index contributed by atoms with van der Waals surface area (Å²) in [5, 5.41) is 3.37. The van der Waals surface area contributed by atoms with Crippen LogP contribution in [0.25, 0.3) is 0 Å². The van der Waals surface area contributed by atoms with Crippen LogP contribution in [0.1, 0.15) is 44.3 Å². The third kappa shape index (κ3) is 4.11. The molecule has 2 aliphatic heterocycles. The van der Waals surface area contributed by atoms with Gasteiger partial charge in [0.05, 0.1) is 10.7 Å². The first kappa shape index (κ1) is 16.9. The van der Waals surface area contributed by atoms with Crippen molar-refractivity contribution in [2.24, 2.45) is 0 Å². The lowest BCUT2D eigenvalue weighted by Crippen LogP contribution is -2.51. The summed E-state index contributed by atoms with van der Waals surface area (Å²) in [5.41, 5.74) is 1.27. The van der Waals surface area contributed by atoms with E-state index in [1.54, 1.807) is 11.3 Å². The predicted molar refractivity (Wildman–Crippen MR) is 91.6 cm³/mol. The summed E-state index contributed by atoms with van der Waals surface area (Å²) >= 11 is 1.75. The van der Waals surface area contributed by atoms with Gasteiger partial charge in [0.1, 0.15) is 6.10 Å². The summed E-state index contributed by atoms with van der Waals surface area (Å²) in [7, 11) is 0. The Morgan fingerprint density at radius 3 is 2.65 bits per heavy atom. The predicted octanol–water partition coefficient (Wildman–Crippen LogP) is 2.26. The molecule has 0 spiro atoms. The Hall–Kier alpha value is -0.980. The van der Waals surface area contributed by atoms with Gasteiger partial charge in [-0.05, 0) is 12.8 Å². The molecule has 0 radical (unpaired) electrons. The Kier molecular flexibility index (Phi) is 5.04. The average molecular weight is 337 g/mol. The quantitative estimate of drug-likeness (QED) is 0.849. The average Bonchev–Trinajstić information content (AvgIpc) is 3.18. The molecule has 2 fully saturated rings. The summed E-state index contributed by atoms with van der Waals surface area (Å²) in [6.07, 6.45) is 1.71. The van der Waals surface area contributed by atoms with Crippen LogP contribution in [0.5, 0.6) is 0 Å². The number of thiazole rings is 1. The van der Waals surface area contributed by atoms with E-state index in [1.165, 1.54) is 5.01 Å². The van der Waals surface area contributed by atoms with Gasteiger partial charge < -0.3 is 9.64 Å². The fourth-order valence-electron chi connectivity index (χ4n) is 3.06. The SMILES string of the molecule is CC(C)(C)c1nc(CN2CCN(C(=O)[C@@H]3CCCO3)CC2)cs1. The van der Waals surface area contributed by atoms with Gasteiger partial charge >= 0.3 is 0 Å². The molecule has 1 aromatic heterocycles. The number of hydrogen-bond donors (Lipinski definition) is 0. The van der Waals surface area contributed by atoms with Crippen molar-refractivity contribution in [3.8, 4) is 0 Å². The van der Waals surface area contributed by atoms with Crippen LogP contribution in [0.15, 0.2) is 5.38 Å². The number of carbonyl (C=O) groups is 1. The number of amides is 1. The highest BCUT2D eigenvalue weighted by molar-refractivity contribution is 7.09. The third-order valence-electron chi connectivity index (χ3n) is 4.47. The Morgan fingerprint density at radius 2 is 2.09 bits per heavy atom. The van der Waals surface area contributed by atoms with E-state index >= 15 is 0 Å². The van der Waals surface area contributed by atoms with Crippen LogP contribution in [-0.2, 0) is 21.5 Å². The first-order valence-electron chi connectivity index (χ1n) is 8.51. The number of ether oxygens (including phenoxy) is 1. The Labute approximate surface area is 142 Å². The van der Waals surface area contributed by atoms with Crippen molar-refractivity contribution < 1.29 is 9.53 Å². The fraction of sp³-hybridized carbons (Fsp3) is 0.765. The number of piperazine rings is 1. The number of nitrogens with zero attached hydrogens (tertiary/aromatic N) is 3. The maximum atomic E-state index is 12.4. The number of rotatable bonds is 3. The molecule has 1 atom stereocenters. The Morgan fingerprint density at radius 1 is 1.35 bits per heavy atom. The van der Waals surface area contributed by atoms with E-state index in [0.29, 0.717) is 0 Å². The van der Waals surface area contributed by atoms with Crippen LogP contribution in [0.4, 0.5) is 0 Å². The highest BCUT2D eigenvalue weighted by atomic mass is 32.1. The lowest BCUT2D eigenvalue weighted by molar-refractivity contribution is -0.142. The van der Waals surface area contributed by atoms with Gasteiger partial charge in [0.2, 0.25) is 0 Å². The zero-order chi connectivity index (χ0) is 16.4. The minimum Gasteiger partial charge on any atom is -0.368 e. The lowest BCUT2D eigenvalue weighted by atomic mass is 9.98. The summed E-state index contributed by atoms with van der Waals surface area (Å²) in [6, 6.07) is 0. The minimum absolute atomic E-state index is 0.120. The standard InChI is InChI=1S/C17H27N3O2S/c1-17(2,3)16-18-13(12-23-16)11-19-6-8-20(9-7-19)15(21)14-5-4-10-22-14/h12,14H,4-11H2,1-3H3/t14-/m0/s1. The van der Waals surface area contributed by atoms with Crippen LogP contribution in [0.2, 0.25) is 0 Å². The third-order valence-corrected chi connectivity index (χ3v) is 5.78. The molecule has 0 bridgehead atoms. The first-order valence-corrected chi connectivity index (χ1v) is 9.39. The largest absolute Gasteiger partial charge is 0.368 e. The maximum Gasteiger partial charge on any atom is 0.251 e. The second kappa shape index (κ2) is 6.87. The molecule has 0 saturated carbocycles. The van der Waals surface area contributed by atoms with Crippen molar-refractivity contribution in [2.45, 2.75) is 51.7 Å². The molecule has 0 unspecified atom stereocenters. The molecule has 0 aromatic carbocycles. The van der Waals surface area contributed by atoms with Crippen molar-refractivity contribution >= 4 is 17.2 Å². The zero-order valence-corrected chi connectivity index (χ0v) is 15.2. The molecular weight excluding hydrogens is 310 g/mol. The van der Waals surface area contributed by atoms with Gasteiger partial charge in [-0.1, -0.05) is 20.8 Å². The van der Waals surface area contributed by atoms with Gasteiger partial charge in [0.15, 0.2) is 0 Å². The van der Waals surface area contributed by atoms with Crippen molar-refractivity contribution in [3.05, 3.63) is 16.1 Å². The first-order chi connectivity index (χ1) is 10.9. The molecule has 0 N–H and O–H groups in total. The van der Waals surface area contributed by atoms with E-state index in [4.69, 9.17) is 9.72 Å². The van der Waals surface area contributed by atoms with Gasteiger partial charge in [0.25, 0.3) is 5.91 Å². The molecule has 2 saturated heterocycles. The molecule has 3 rings (SSSR count). The number of aromatic nitrogens is 1. The van der Waals surface area contributed by atoms with Crippen LogP contribution in [-0.4, -0.2) is 59.6 Å². The molecular formula is C17H27N3O2S. The fourth-order valence-corrected chi connectivity index (χ4v) is 3.95. The molecule has 2 aliphatic rings. The molecule has 1 aromatic rings. The van der Waals surface area contributed by atoms with Crippen molar-refractivity contribution in [1.29, 1.82) is 0 Å². The van der Waals surface area contributed by atoms with Crippen molar-refractivity contribution in [1.82, 2.24) is 14.8 Å². The van der Waals surface area contributed by atoms with Gasteiger partial charge in [-0.25, -0.2) is 4.98 Å². The van der Waals surface area contributed by atoms with Crippen LogP contribution in [0, 0.1) is 0 Å². The van der Waals surface area contributed by atoms with Crippen LogP contribution in [0.3, 0.4) is 0 Å². The molecule has 23 heavy (non-hydrogen) atoms. The summed E-state index contributed by atoms with van der Waals surface area (Å²) in [6.45, 7) is 11.7. The summed E-state index contributed by atoms with van der Waals surface area (Å²) in [4.78, 5) is 21.5. The topological polar surface area (TPSA) is 45.7 Å². The van der Waals surface area contributed by atoms with Crippen molar-refractivity contribution in [3.63, 3.8) is 0 Å². The normalized spacial score (nSPS) is 23.4. The van der Waals surface area contributed by atoms with E-state index in [2.05, 4.69) is 31.1 Å². The molecule has 1 amide bonds. The Balaban J connectivity index is 1.49. The monoisotopic (exact) mass is 337 g/mol. The highest BCUT2D eigenvalue weighted by Gasteiger charge is 2.30. The molecule has 6 heteroatoms. The molecule has 0 aliphatic carbocycles. The van der Waals surface area contributed by atoms with E-state index < -0.39 is 0 Å². The maximum absolute atomic E-state index is 12.4. The minimum atomic E-state index is -0.186.